The quantitative estimate of drug-likeness (QED) is 0.621. The van der Waals surface area contributed by atoms with E-state index >= 15 is 0 Å². The molecule has 2 aliphatic rings. The largest absolute Gasteiger partial charge is 0.354 e. The predicted octanol–water partition coefficient (Wildman–Crippen LogP) is -0.915. The number of amides is 2. The zero-order chi connectivity index (χ0) is 10.8. The molecule has 2 rings (SSSR count). The Morgan fingerprint density at radius 2 is 2.27 bits per heavy atom. The molecule has 2 heterocycles. The second-order valence-corrected chi connectivity index (χ2v) is 4.22. The van der Waals surface area contributed by atoms with E-state index in [1.54, 1.807) is 7.05 Å². The van der Waals surface area contributed by atoms with Gasteiger partial charge < -0.3 is 15.5 Å². The number of rotatable bonds is 2. The van der Waals surface area contributed by atoms with Crippen molar-refractivity contribution in [1.29, 1.82) is 0 Å². The molecule has 2 saturated heterocycles. The Morgan fingerprint density at radius 1 is 1.53 bits per heavy atom. The van der Waals surface area contributed by atoms with Crippen LogP contribution in [0.2, 0.25) is 0 Å². The topological polar surface area (TPSA) is 61.4 Å². The molecule has 0 aromatic heterocycles. The van der Waals surface area contributed by atoms with E-state index in [2.05, 4.69) is 10.6 Å². The summed E-state index contributed by atoms with van der Waals surface area (Å²) in [7, 11) is 1.76. The average molecular weight is 211 g/mol. The zero-order valence-electron chi connectivity index (χ0n) is 8.95. The first-order valence-electron chi connectivity index (χ1n) is 5.45. The van der Waals surface area contributed by atoms with Crippen LogP contribution in [0.4, 0.5) is 0 Å². The Morgan fingerprint density at radius 3 is 3.00 bits per heavy atom. The second kappa shape index (κ2) is 4.18. The zero-order valence-corrected chi connectivity index (χ0v) is 8.95. The van der Waals surface area contributed by atoms with Crippen LogP contribution < -0.4 is 10.6 Å². The highest BCUT2D eigenvalue weighted by atomic mass is 16.2. The van der Waals surface area contributed by atoms with Crippen molar-refractivity contribution in [2.24, 2.45) is 0 Å². The van der Waals surface area contributed by atoms with Gasteiger partial charge in [-0.2, -0.15) is 0 Å². The van der Waals surface area contributed by atoms with Gasteiger partial charge in [-0.05, 0) is 19.9 Å². The Labute approximate surface area is 89.2 Å². The number of nitrogens with one attached hydrogen (secondary N) is 2. The lowest BCUT2D eigenvalue weighted by atomic mass is 10.1. The van der Waals surface area contributed by atoms with E-state index < -0.39 is 0 Å². The maximum Gasteiger partial charge on any atom is 0.237 e. The standard InChI is InChI=1S/C10H17N3O2/c1-11-6-10(15)13-7-2-3-8(13)5-12-9(14)4-7/h7-8,11H,2-6H2,1H3,(H,12,14). The van der Waals surface area contributed by atoms with Crippen molar-refractivity contribution in [1.82, 2.24) is 15.5 Å². The van der Waals surface area contributed by atoms with Crippen LogP contribution in [0.3, 0.4) is 0 Å². The van der Waals surface area contributed by atoms with Crippen molar-refractivity contribution in [3.8, 4) is 0 Å². The van der Waals surface area contributed by atoms with E-state index in [1.165, 1.54) is 0 Å². The highest BCUT2D eigenvalue weighted by Gasteiger charge is 2.39. The molecule has 0 saturated carbocycles. The van der Waals surface area contributed by atoms with Gasteiger partial charge in [0, 0.05) is 25.0 Å². The molecule has 0 aromatic carbocycles. The van der Waals surface area contributed by atoms with Crippen LogP contribution in [-0.2, 0) is 9.59 Å². The molecule has 15 heavy (non-hydrogen) atoms. The van der Waals surface area contributed by atoms with E-state index in [1.807, 2.05) is 4.90 Å². The number of carbonyl (C=O) groups excluding carboxylic acids is 2. The molecule has 2 fully saturated rings. The fourth-order valence-corrected chi connectivity index (χ4v) is 2.53. The maximum absolute atomic E-state index is 11.8. The number of carbonyl (C=O) groups is 2. The highest BCUT2D eigenvalue weighted by Crippen LogP contribution is 2.27. The molecule has 2 amide bonds. The first-order chi connectivity index (χ1) is 7.22. The van der Waals surface area contributed by atoms with Crippen LogP contribution in [0.25, 0.3) is 0 Å². The second-order valence-electron chi connectivity index (χ2n) is 4.22. The van der Waals surface area contributed by atoms with Gasteiger partial charge in [0.05, 0.1) is 6.54 Å². The lowest BCUT2D eigenvalue weighted by molar-refractivity contribution is -0.132. The van der Waals surface area contributed by atoms with Gasteiger partial charge in [0.25, 0.3) is 0 Å². The monoisotopic (exact) mass is 211 g/mol. The molecule has 0 aliphatic carbocycles. The van der Waals surface area contributed by atoms with Gasteiger partial charge >= 0.3 is 0 Å². The molecule has 2 N–H and O–H groups in total. The molecule has 2 unspecified atom stereocenters. The average Bonchev–Trinajstić information content (AvgIpc) is 2.49. The third-order valence-corrected chi connectivity index (χ3v) is 3.19. The van der Waals surface area contributed by atoms with Crippen molar-refractivity contribution in [3.63, 3.8) is 0 Å². The normalized spacial score (nSPS) is 29.9. The minimum Gasteiger partial charge on any atom is -0.354 e. The number of nitrogens with zero attached hydrogens (tertiary/aromatic N) is 1. The van der Waals surface area contributed by atoms with Crippen LogP contribution in [-0.4, -0.2) is 48.9 Å². The number of hydrogen-bond acceptors (Lipinski definition) is 3. The molecular formula is C10H17N3O2. The van der Waals surface area contributed by atoms with E-state index in [-0.39, 0.29) is 23.9 Å². The van der Waals surface area contributed by atoms with Crippen molar-refractivity contribution in [2.75, 3.05) is 20.1 Å². The smallest absolute Gasteiger partial charge is 0.237 e. The van der Waals surface area contributed by atoms with E-state index in [9.17, 15) is 9.59 Å². The summed E-state index contributed by atoms with van der Waals surface area (Å²) in [6, 6.07) is 0.334. The minimum absolute atomic E-state index is 0.0736. The third-order valence-electron chi connectivity index (χ3n) is 3.19. The Kier molecular flexibility index (Phi) is 2.90. The molecule has 5 heteroatoms. The summed E-state index contributed by atoms with van der Waals surface area (Å²) in [5.74, 6) is 0.186. The van der Waals surface area contributed by atoms with E-state index in [0.717, 1.165) is 12.8 Å². The molecule has 2 bridgehead atoms. The first kappa shape index (κ1) is 10.4. The summed E-state index contributed by atoms with van der Waals surface area (Å²) in [4.78, 5) is 25.1. The summed E-state index contributed by atoms with van der Waals surface area (Å²) in [5, 5.41) is 5.72. The van der Waals surface area contributed by atoms with Crippen LogP contribution in [0.5, 0.6) is 0 Å². The van der Waals surface area contributed by atoms with E-state index in [0.29, 0.717) is 19.5 Å². The van der Waals surface area contributed by atoms with Crippen molar-refractivity contribution >= 4 is 11.8 Å². The van der Waals surface area contributed by atoms with Crippen LogP contribution >= 0.6 is 0 Å². The SMILES string of the molecule is CNCC(=O)N1C2CCC1CC(=O)NC2. The Bertz CT molecular complexity index is 280. The fourth-order valence-electron chi connectivity index (χ4n) is 2.53. The summed E-state index contributed by atoms with van der Waals surface area (Å²) < 4.78 is 0. The van der Waals surface area contributed by atoms with Gasteiger partial charge in [-0.15, -0.1) is 0 Å². The van der Waals surface area contributed by atoms with Gasteiger partial charge in [0.1, 0.15) is 0 Å². The first-order valence-corrected chi connectivity index (χ1v) is 5.45. The van der Waals surface area contributed by atoms with Gasteiger partial charge in [0.2, 0.25) is 11.8 Å². The molecule has 84 valence electrons. The molecular weight excluding hydrogens is 194 g/mol. The molecule has 0 spiro atoms. The van der Waals surface area contributed by atoms with Crippen LogP contribution in [0, 0.1) is 0 Å². The fraction of sp³-hybridized carbons (Fsp3) is 0.800. The number of likely N-dealkylation sites (N-methyl/N-ethyl adjacent to an activating group) is 1. The minimum atomic E-state index is 0.0736. The Hall–Kier alpha value is -1.10. The summed E-state index contributed by atoms with van der Waals surface area (Å²) in [5.41, 5.74) is 0. The van der Waals surface area contributed by atoms with Crippen molar-refractivity contribution in [3.05, 3.63) is 0 Å². The lowest BCUT2D eigenvalue weighted by Crippen LogP contribution is -2.45. The molecule has 5 nitrogen and oxygen atoms in total. The maximum atomic E-state index is 11.8. The van der Waals surface area contributed by atoms with Gasteiger partial charge in [-0.25, -0.2) is 0 Å². The molecule has 0 radical (unpaired) electrons. The molecule has 2 aliphatic heterocycles. The summed E-state index contributed by atoms with van der Waals surface area (Å²) in [6.07, 6.45) is 2.44. The Balaban J connectivity index is 2.10. The van der Waals surface area contributed by atoms with E-state index in [4.69, 9.17) is 0 Å². The molecule has 2 atom stereocenters. The molecule has 0 aromatic rings. The van der Waals surface area contributed by atoms with Crippen molar-refractivity contribution in [2.45, 2.75) is 31.3 Å². The summed E-state index contributed by atoms with van der Waals surface area (Å²) >= 11 is 0. The van der Waals surface area contributed by atoms with Crippen molar-refractivity contribution < 1.29 is 9.59 Å². The van der Waals surface area contributed by atoms with Gasteiger partial charge in [0.15, 0.2) is 0 Å². The van der Waals surface area contributed by atoms with Crippen LogP contribution in [0.1, 0.15) is 19.3 Å². The highest BCUT2D eigenvalue weighted by molar-refractivity contribution is 5.82. The van der Waals surface area contributed by atoms with Gasteiger partial charge in [-0.1, -0.05) is 0 Å². The van der Waals surface area contributed by atoms with Crippen LogP contribution in [0.15, 0.2) is 0 Å². The third kappa shape index (κ3) is 1.97. The predicted molar refractivity (Wildman–Crippen MR) is 55.2 cm³/mol. The summed E-state index contributed by atoms with van der Waals surface area (Å²) in [6.45, 7) is 0.978. The lowest BCUT2D eigenvalue weighted by Gasteiger charge is -2.27. The number of hydrogen-bond donors (Lipinski definition) is 2. The number of fused-ring (bicyclic) bond motifs is 2. The van der Waals surface area contributed by atoms with Gasteiger partial charge in [-0.3, -0.25) is 9.59 Å².